The van der Waals surface area contributed by atoms with Gasteiger partial charge in [0.15, 0.2) is 0 Å². The van der Waals surface area contributed by atoms with E-state index in [1.807, 2.05) is 0 Å². The first-order valence-corrected chi connectivity index (χ1v) is 6.58. The van der Waals surface area contributed by atoms with Crippen molar-refractivity contribution in [3.63, 3.8) is 0 Å². The Labute approximate surface area is 109 Å². The van der Waals surface area contributed by atoms with Crippen LogP contribution < -0.4 is 22.1 Å². The second-order valence-corrected chi connectivity index (χ2v) is 4.37. The first kappa shape index (κ1) is 16.9. The summed E-state index contributed by atoms with van der Waals surface area (Å²) in [6.07, 6.45) is 6.29. The largest absolute Gasteiger partial charge is 0.372 e. The minimum absolute atomic E-state index is 0.131. The highest BCUT2D eigenvalue weighted by Gasteiger charge is 2.17. The van der Waals surface area contributed by atoms with Crippen LogP contribution in [0.15, 0.2) is 0 Å². The van der Waals surface area contributed by atoms with E-state index in [1.54, 1.807) is 0 Å². The zero-order chi connectivity index (χ0) is 13.6. The quantitative estimate of drug-likeness (QED) is 0.468. The number of rotatable bonds is 1. The molecule has 0 spiro atoms. The number of hydrogen-bond acceptors (Lipinski definition) is 4. The van der Waals surface area contributed by atoms with Crippen molar-refractivity contribution in [3.8, 4) is 0 Å². The number of hydrogen-bond donors (Lipinski definition) is 4. The van der Waals surface area contributed by atoms with Gasteiger partial charge in [0, 0.05) is 5.92 Å². The van der Waals surface area contributed by atoms with Gasteiger partial charge in [-0.2, -0.15) is 0 Å². The van der Waals surface area contributed by atoms with E-state index in [4.69, 9.17) is 10.5 Å². The Hall–Kier alpha value is -1.14. The maximum atomic E-state index is 10.5. The Morgan fingerprint density at radius 3 is 1.67 bits per heavy atom. The predicted octanol–water partition coefficient (Wildman–Crippen LogP) is -0.667. The molecule has 2 aliphatic rings. The summed E-state index contributed by atoms with van der Waals surface area (Å²) in [5, 5.41) is 6.45. The van der Waals surface area contributed by atoms with Crippen LogP contribution in [0.25, 0.3) is 0 Å². The average Bonchev–Trinajstić information content (AvgIpc) is 2.43. The number of amides is 2. The monoisotopic (exact) mass is 258 g/mol. The van der Waals surface area contributed by atoms with Crippen LogP contribution in [0, 0.1) is 5.92 Å². The van der Waals surface area contributed by atoms with Crippen molar-refractivity contribution >= 4 is 12.3 Å². The van der Waals surface area contributed by atoms with E-state index in [0.717, 1.165) is 25.9 Å². The molecule has 0 aromatic heterocycles. The SMILES string of the molecule is C1CCNCC1.NC(=O)C1CCNCC1.NC=O. The van der Waals surface area contributed by atoms with Crippen molar-refractivity contribution in [2.45, 2.75) is 32.1 Å². The highest BCUT2D eigenvalue weighted by atomic mass is 16.1. The first-order chi connectivity index (χ1) is 8.72. The number of nitrogens with two attached hydrogens (primary N) is 2. The van der Waals surface area contributed by atoms with E-state index in [1.165, 1.54) is 32.4 Å². The van der Waals surface area contributed by atoms with Crippen LogP contribution in [0.2, 0.25) is 0 Å². The van der Waals surface area contributed by atoms with Crippen LogP contribution in [0.4, 0.5) is 0 Å². The van der Waals surface area contributed by atoms with E-state index < -0.39 is 0 Å². The van der Waals surface area contributed by atoms with Crippen molar-refractivity contribution in [2.24, 2.45) is 17.4 Å². The smallest absolute Gasteiger partial charge is 0.220 e. The molecule has 2 aliphatic heterocycles. The molecule has 6 N–H and O–H groups in total. The standard InChI is InChI=1S/C6H12N2O.C5H11N.CH3NO/c7-6(9)5-1-3-8-4-2-5;1-2-4-6-5-3-1;2-1-3/h5,8H,1-4H2,(H2,7,9);6H,1-5H2;1H,(H2,2,3). The van der Waals surface area contributed by atoms with Crippen LogP contribution in [0.1, 0.15) is 32.1 Å². The summed E-state index contributed by atoms with van der Waals surface area (Å²) < 4.78 is 0. The van der Waals surface area contributed by atoms with Gasteiger partial charge in [0.05, 0.1) is 0 Å². The molecule has 0 aliphatic carbocycles. The van der Waals surface area contributed by atoms with Gasteiger partial charge >= 0.3 is 0 Å². The van der Waals surface area contributed by atoms with Crippen molar-refractivity contribution in [2.75, 3.05) is 26.2 Å². The molecule has 2 saturated heterocycles. The summed E-state index contributed by atoms with van der Waals surface area (Å²) in [5.74, 6) is -0.0113. The van der Waals surface area contributed by atoms with Gasteiger partial charge in [-0.05, 0) is 51.9 Å². The third kappa shape index (κ3) is 10.0. The van der Waals surface area contributed by atoms with Gasteiger partial charge in [0.1, 0.15) is 0 Å². The highest BCUT2D eigenvalue weighted by Crippen LogP contribution is 2.09. The lowest BCUT2D eigenvalue weighted by atomic mass is 9.98. The fraction of sp³-hybridized carbons (Fsp3) is 0.833. The Morgan fingerprint density at radius 1 is 1.00 bits per heavy atom. The van der Waals surface area contributed by atoms with Crippen molar-refractivity contribution in [1.82, 2.24) is 10.6 Å². The molecular weight excluding hydrogens is 232 g/mol. The summed E-state index contributed by atoms with van der Waals surface area (Å²) in [4.78, 5) is 19.1. The Bertz CT molecular complexity index is 203. The predicted molar refractivity (Wildman–Crippen MR) is 71.8 cm³/mol. The Kier molecular flexibility index (Phi) is 11.5. The lowest BCUT2D eigenvalue weighted by Crippen LogP contribution is -2.34. The molecule has 0 unspecified atom stereocenters. The summed E-state index contributed by atoms with van der Waals surface area (Å²) in [7, 11) is 0. The van der Waals surface area contributed by atoms with Gasteiger partial charge in [-0.3, -0.25) is 9.59 Å². The number of carbonyl (C=O) groups is 2. The van der Waals surface area contributed by atoms with Crippen molar-refractivity contribution in [3.05, 3.63) is 0 Å². The lowest BCUT2D eigenvalue weighted by Gasteiger charge is -2.18. The molecule has 0 atom stereocenters. The van der Waals surface area contributed by atoms with E-state index in [2.05, 4.69) is 16.4 Å². The van der Waals surface area contributed by atoms with Gasteiger partial charge in [-0.1, -0.05) is 6.42 Å². The molecule has 106 valence electrons. The fourth-order valence-corrected chi connectivity index (χ4v) is 1.91. The highest BCUT2D eigenvalue weighted by molar-refractivity contribution is 5.76. The summed E-state index contributed by atoms with van der Waals surface area (Å²) in [6.45, 7) is 4.38. The zero-order valence-electron chi connectivity index (χ0n) is 11.0. The van der Waals surface area contributed by atoms with Gasteiger partial charge < -0.3 is 22.1 Å². The molecular formula is C12H26N4O2. The van der Waals surface area contributed by atoms with Crippen LogP contribution in [0.3, 0.4) is 0 Å². The Balaban J connectivity index is 0.000000278. The summed E-state index contributed by atoms with van der Waals surface area (Å²) in [5.41, 5.74) is 9.27. The molecule has 2 heterocycles. The molecule has 0 bridgehead atoms. The van der Waals surface area contributed by atoms with E-state index in [0.29, 0.717) is 0 Å². The van der Waals surface area contributed by atoms with Crippen LogP contribution in [-0.4, -0.2) is 38.5 Å². The number of carbonyl (C=O) groups excluding carboxylic acids is 2. The normalized spacial score (nSPS) is 19.6. The van der Waals surface area contributed by atoms with Crippen molar-refractivity contribution in [1.29, 1.82) is 0 Å². The molecule has 6 heteroatoms. The maximum absolute atomic E-state index is 10.5. The Morgan fingerprint density at radius 2 is 1.44 bits per heavy atom. The maximum Gasteiger partial charge on any atom is 0.220 e. The molecule has 0 aromatic rings. The molecule has 0 aromatic carbocycles. The topological polar surface area (TPSA) is 110 Å². The van der Waals surface area contributed by atoms with E-state index in [-0.39, 0.29) is 18.2 Å². The number of nitrogens with one attached hydrogen (secondary N) is 2. The summed E-state index contributed by atoms with van der Waals surface area (Å²) >= 11 is 0. The molecule has 6 nitrogen and oxygen atoms in total. The molecule has 0 saturated carbocycles. The molecule has 2 rings (SSSR count). The lowest BCUT2D eigenvalue weighted by molar-refractivity contribution is -0.122. The average molecular weight is 258 g/mol. The molecule has 18 heavy (non-hydrogen) atoms. The van der Waals surface area contributed by atoms with Gasteiger partial charge in [-0.25, -0.2) is 0 Å². The second kappa shape index (κ2) is 12.3. The minimum Gasteiger partial charge on any atom is -0.372 e. The fourth-order valence-electron chi connectivity index (χ4n) is 1.91. The summed E-state index contributed by atoms with van der Waals surface area (Å²) in [6, 6.07) is 0. The van der Waals surface area contributed by atoms with Crippen LogP contribution in [0.5, 0.6) is 0 Å². The van der Waals surface area contributed by atoms with E-state index in [9.17, 15) is 4.79 Å². The van der Waals surface area contributed by atoms with Crippen LogP contribution in [-0.2, 0) is 9.59 Å². The van der Waals surface area contributed by atoms with Gasteiger partial charge in [0.25, 0.3) is 0 Å². The van der Waals surface area contributed by atoms with Gasteiger partial charge in [-0.15, -0.1) is 0 Å². The minimum atomic E-state index is -0.142. The third-order valence-electron chi connectivity index (χ3n) is 2.95. The number of primary amides is 2. The van der Waals surface area contributed by atoms with Gasteiger partial charge in [0.2, 0.25) is 12.3 Å². The van der Waals surface area contributed by atoms with E-state index >= 15 is 0 Å². The van der Waals surface area contributed by atoms with Crippen molar-refractivity contribution < 1.29 is 9.59 Å². The van der Waals surface area contributed by atoms with Crippen LogP contribution >= 0.6 is 0 Å². The third-order valence-corrected chi connectivity index (χ3v) is 2.95. The molecule has 0 radical (unpaired) electrons. The molecule has 2 fully saturated rings. The first-order valence-electron chi connectivity index (χ1n) is 6.58. The molecule has 2 amide bonds. The zero-order valence-corrected chi connectivity index (χ0v) is 11.0. The number of piperidine rings is 2. The second-order valence-electron chi connectivity index (χ2n) is 4.37.